The maximum atomic E-state index is 12.9. The number of aryl methyl sites for hydroxylation is 1. The van der Waals surface area contributed by atoms with Gasteiger partial charge in [-0.2, -0.15) is 5.10 Å². The Labute approximate surface area is 149 Å². The van der Waals surface area contributed by atoms with Gasteiger partial charge in [-0.1, -0.05) is 30.3 Å². The Hall–Kier alpha value is -2.51. The van der Waals surface area contributed by atoms with Gasteiger partial charge in [0.1, 0.15) is 10.7 Å². The molecule has 1 atom stereocenters. The molecule has 1 amide bonds. The number of thiazole rings is 1. The molecule has 1 aliphatic rings. The zero-order valence-corrected chi connectivity index (χ0v) is 14.6. The quantitative estimate of drug-likeness (QED) is 0.726. The van der Waals surface area contributed by atoms with Crippen LogP contribution in [0.2, 0.25) is 0 Å². The van der Waals surface area contributed by atoms with Crippen LogP contribution in [0.3, 0.4) is 0 Å². The highest BCUT2D eigenvalue weighted by atomic mass is 32.1. The first-order chi connectivity index (χ1) is 12.2. The fourth-order valence-corrected chi connectivity index (χ4v) is 3.85. The molecule has 1 saturated heterocycles. The number of carbonyl (C=O) groups is 1. The summed E-state index contributed by atoms with van der Waals surface area (Å²) < 4.78 is 7.23. The highest BCUT2D eigenvalue weighted by Crippen LogP contribution is 2.30. The van der Waals surface area contributed by atoms with Crippen LogP contribution >= 0.6 is 11.3 Å². The molecule has 4 rings (SSSR count). The lowest BCUT2D eigenvalue weighted by molar-refractivity contribution is -0.00427. The standard InChI is InChI=1S/C18H18N4O2S/c1-21-15(7-8-19-21)18(23)22-9-10-24-11-16(22)14-12-25-17(20-14)13-5-3-2-4-6-13/h2-8,12,16H,9-11H2,1H3/t16-/m1/s1. The average Bonchev–Trinajstić information content (AvgIpc) is 3.31. The number of ether oxygens (including phenoxy) is 1. The van der Waals surface area contributed by atoms with Gasteiger partial charge in [-0.3, -0.25) is 9.48 Å². The minimum atomic E-state index is -0.176. The number of amides is 1. The van der Waals surface area contributed by atoms with Crippen molar-refractivity contribution in [1.29, 1.82) is 0 Å². The maximum absolute atomic E-state index is 12.9. The SMILES string of the molecule is Cn1nccc1C(=O)N1CCOC[C@@H]1c1csc(-c2ccccc2)n1. The lowest BCUT2D eigenvalue weighted by atomic mass is 10.1. The fourth-order valence-electron chi connectivity index (χ4n) is 2.98. The van der Waals surface area contributed by atoms with Gasteiger partial charge in [0.15, 0.2) is 0 Å². The summed E-state index contributed by atoms with van der Waals surface area (Å²) in [4.78, 5) is 19.5. The summed E-state index contributed by atoms with van der Waals surface area (Å²) in [5.74, 6) is -0.0393. The number of hydrogen-bond acceptors (Lipinski definition) is 5. The van der Waals surface area contributed by atoms with Crippen LogP contribution in [-0.2, 0) is 11.8 Å². The maximum Gasteiger partial charge on any atom is 0.272 e. The predicted octanol–water partition coefficient (Wildman–Crippen LogP) is 2.76. The van der Waals surface area contributed by atoms with Crippen molar-refractivity contribution in [3.05, 3.63) is 59.4 Å². The second-order valence-corrected chi connectivity index (χ2v) is 6.73. The lowest BCUT2D eigenvalue weighted by Gasteiger charge is -2.34. The number of nitrogens with zero attached hydrogens (tertiary/aromatic N) is 4. The minimum absolute atomic E-state index is 0.0393. The topological polar surface area (TPSA) is 60.2 Å². The number of aromatic nitrogens is 3. The molecule has 25 heavy (non-hydrogen) atoms. The molecule has 1 aliphatic heterocycles. The first-order valence-electron chi connectivity index (χ1n) is 8.11. The Kier molecular flexibility index (Phi) is 4.33. The minimum Gasteiger partial charge on any atom is -0.377 e. The van der Waals surface area contributed by atoms with Crippen LogP contribution in [-0.4, -0.2) is 45.3 Å². The van der Waals surface area contributed by atoms with Crippen molar-refractivity contribution in [3.63, 3.8) is 0 Å². The molecule has 1 fully saturated rings. The van der Waals surface area contributed by atoms with Crippen molar-refractivity contribution in [2.45, 2.75) is 6.04 Å². The van der Waals surface area contributed by atoms with Crippen LogP contribution in [0.4, 0.5) is 0 Å². The molecule has 0 aliphatic carbocycles. The van der Waals surface area contributed by atoms with E-state index in [9.17, 15) is 4.79 Å². The van der Waals surface area contributed by atoms with E-state index in [0.29, 0.717) is 25.5 Å². The Morgan fingerprint density at radius 2 is 2.12 bits per heavy atom. The summed E-state index contributed by atoms with van der Waals surface area (Å²) in [5.41, 5.74) is 2.53. The largest absolute Gasteiger partial charge is 0.377 e. The molecular weight excluding hydrogens is 336 g/mol. The van der Waals surface area contributed by atoms with E-state index in [1.807, 2.05) is 40.6 Å². The molecule has 0 bridgehead atoms. The summed E-state index contributed by atoms with van der Waals surface area (Å²) in [5, 5.41) is 7.07. The highest BCUT2D eigenvalue weighted by Gasteiger charge is 2.32. The van der Waals surface area contributed by atoms with Gasteiger partial charge in [-0.15, -0.1) is 11.3 Å². The second-order valence-electron chi connectivity index (χ2n) is 5.87. The predicted molar refractivity (Wildman–Crippen MR) is 95.4 cm³/mol. The molecule has 3 heterocycles. The zero-order chi connectivity index (χ0) is 17.2. The molecule has 128 valence electrons. The van der Waals surface area contributed by atoms with Crippen LogP contribution in [0.25, 0.3) is 10.6 Å². The van der Waals surface area contributed by atoms with Gasteiger partial charge in [0.2, 0.25) is 0 Å². The van der Waals surface area contributed by atoms with Gasteiger partial charge in [0.25, 0.3) is 5.91 Å². The molecule has 7 heteroatoms. The van der Waals surface area contributed by atoms with Crippen LogP contribution in [0.15, 0.2) is 48.0 Å². The number of hydrogen-bond donors (Lipinski definition) is 0. The third kappa shape index (κ3) is 3.08. The number of rotatable bonds is 3. The molecule has 3 aromatic rings. The molecule has 0 saturated carbocycles. The van der Waals surface area contributed by atoms with Crippen molar-refractivity contribution in [1.82, 2.24) is 19.7 Å². The molecule has 0 unspecified atom stereocenters. The van der Waals surface area contributed by atoms with E-state index in [1.165, 1.54) is 0 Å². The lowest BCUT2D eigenvalue weighted by Crippen LogP contribution is -2.44. The van der Waals surface area contributed by atoms with E-state index >= 15 is 0 Å². The molecule has 1 aromatic carbocycles. The second kappa shape index (κ2) is 6.78. The third-order valence-electron chi connectivity index (χ3n) is 4.31. The van der Waals surface area contributed by atoms with E-state index in [0.717, 1.165) is 16.3 Å². The summed E-state index contributed by atoms with van der Waals surface area (Å²) in [6.45, 7) is 1.55. The molecule has 0 spiro atoms. The number of benzene rings is 1. The van der Waals surface area contributed by atoms with Gasteiger partial charge in [-0.05, 0) is 6.07 Å². The molecular formula is C18H18N4O2S. The van der Waals surface area contributed by atoms with Gasteiger partial charge in [0, 0.05) is 30.7 Å². The molecule has 0 radical (unpaired) electrons. The van der Waals surface area contributed by atoms with Gasteiger partial charge in [0.05, 0.1) is 24.9 Å². The monoisotopic (exact) mass is 354 g/mol. The van der Waals surface area contributed by atoms with Crippen LogP contribution in [0.5, 0.6) is 0 Å². The van der Waals surface area contributed by atoms with Gasteiger partial charge >= 0.3 is 0 Å². The van der Waals surface area contributed by atoms with Crippen molar-refractivity contribution in [3.8, 4) is 10.6 Å². The Bertz CT molecular complexity index is 874. The fraction of sp³-hybridized carbons (Fsp3) is 0.278. The van der Waals surface area contributed by atoms with E-state index < -0.39 is 0 Å². The Morgan fingerprint density at radius 3 is 2.88 bits per heavy atom. The summed E-state index contributed by atoms with van der Waals surface area (Å²) >= 11 is 1.59. The van der Waals surface area contributed by atoms with E-state index in [2.05, 4.69) is 5.10 Å². The van der Waals surface area contributed by atoms with Crippen LogP contribution < -0.4 is 0 Å². The van der Waals surface area contributed by atoms with E-state index in [-0.39, 0.29) is 11.9 Å². The number of morpholine rings is 1. The van der Waals surface area contributed by atoms with Crippen LogP contribution in [0.1, 0.15) is 22.2 Å². The van der Waals surface area contributed by atoms with Crippen molar-refractivity contribution >= 4 is 17.2 Å². The van der Waals surface area contributed by atoms with Crippen molar-refractivity contribution in [2.24, 2.45) is 7.05 Å². The summed E-state index contributed by atoms with van der Waals surface area (Å²) in [7, 11) is 1.78. The van der Waals surface area contributed by atoms with Crippen molar-refractivity contribution in [2.75, 3.05) is 19.8 Å². The smallest absolute Gasteiger partial charge is 0.272 e. The first kappa shape index (κ1) is 16.0. The average molecular weight is 354 g/mol. The normalized spacial score (nSPS) is 17.6. The Morgan fingerprint density at radius 1 is 1.28 bits per heavy atom. The van der Waals surface area contributed by atoms with Gasteiger partial charge < -0.3 is 9.64 Å². The van der Waals surface area contributed by atoms with Gasteiger partial charge in [-0.25, -0.2) is 4.98 Å². The molecule has 6 nitrogen and oxygen atoms in total. The number of carbonyl (C=O) groups excluding carboxylic acids is 1. The summed E-state index contributed by atoms with van der Waals surface area (Å²) in [6, 6.07) is 11.6. The van der Waals surface area contributed by atoms with E-state index in [4.69, 9.17) is 9.72 Å². The molecule has 0 N–H and O–H groups in total. The van der Waals surface area contributed by atoms with E-state index in [1.54, 1.807) is 35.3 Å². The highest BCUT2D eigenvalue weighted by molar-refractivity contribution is 7.13. The summed E-state index contributed by atoms with van der Waals surface area (Å²) in [6.07, 6.45) is 1.64. The van der Waals surface area contributed by atoms with Crippen LogP contribution in [0, 0.1) is 0 Å². The first-order valence-corrected chi connectivity index (χ1v) is 8.99. The zero-order valence-electron chi connectivity index (χ0n) is 13.8. The Balaban J connectivity index is 1.63. The van der Waals surface area contributed by atoms with Crippen molar-refractivity contribution < 1.29 is 9.53 Å². The molecule has 2 aromatic heterocycles. The third-order valence-corrected chi connectivity index (χ3v) is 5.22.